The number of carbonyl (C=O) groups excluding carboxylic acids is 1. The fourth-order valence-electron chi connectivity index (χ4n) is 1.75. The van der Waals surface area contributed by atoms with Gasteiger partial charge in [0.05, 0.1) is 12.5 Å². The van der Waals surface area contributed by atoms with Gasteiger partial charge in [-0.1, -0.05) is 0 Å². The molecule has 3 heteroatoms. The molecular weight excluding hydrogens is 190 g/mol. The summed E-state index contributed by atoms with van der Waals surface area (Å²) in [5.41, 5.74) is -0.299. The van der Waals surface area contributed by atoms with E-state index in [0.717, 1.165) is 5.92 Å². The first-order valence-electron chi connectivity index (χ1n) is 5.63. The molecule has 1 rings (SSSR count). The van der Waals surface area contributed by atoms with Crippen LogP contribution in [-0.2, 0) is 9.53 Å². The normalized spacial score (nSPS) is 17.7. The molecule has 88 valence electrons. The zero-order chi connectivity index (χ0) is 11.7. The molecule has 1 saturated carbocycles. The summed E-state index contributed by atoms with van der Waals surface area (Å²) in [6.45, 7) is 8.91. The number of rotatable bonds is 5. The smallest absolute Gasteiger partial charge is 0.312 e. The molecule has 3 nitrogen and oxygen atoms in total. The van der Waals surface area contributed by atoms with E-state index in [0.29, 0.717) is 6.54 Å². The Bertz CT molecular complexity index is 242. The first-order chi connectivity index (χ1) is 6.79. The molecule has 1 aliphatic rings. The van der Waals surface area contributed by atoms with Crippen LogP contribution in [0.5, 0.6) is 0 Å². The van der Waals surface area contributed by atoms with E-state index in [9.17, 15) is 4.79 Å². The van der Waals surface area contributed by atoms with Crippen molar-refractivity contribution in [3.05, 3.63) is 0 Å². The lowest BCUT2D eigenvalue weighted by molar-refractivity contribution is -0.150. The van der Waals surface area contributed by atoms with Gasteiger partial charge in [-0.2, -0.15) is 0 Å². The lowest BCUT2D eigenvalue weighted by Gasteiger charge is -2.31. The van der Waals surface area contributed by atoms with Crippen LogP contribution in [0.15, 0.2) is 0 Å². The third-order valence-electron chi connectivity index (χ3n) is 3.32. The minimum Gasteiger partial charge on any atom is -0.469 e. The molecule has 0 aromatic heterocycles. The highest BCUT2D eigenvalue weighted by molar-refractivity contribution is 5.76. The van der Waals surface area contributed by atoms with Gasteiger partial charge in [-0.15, -0.1) is 0 Å². The average molecular weight is 213 g/mol. The second-order valence-electron chi connectivity index (χ2n) is 5.72. The molecule has 1 aliphatic carbocycles. The Kier molecular flexibility index (Phi) is 3.44. The van der Waals surface area contributed by atoms with E-state index in [2.05, 4.69) is 19.2 Å². The van der Waals surface area contributed by atoms with Gasteiger partial charge in [0.2, 0.25) is 0 Å². The quantitative estimate of drug-likeness (QED) is 0.709. The predicted octanol–water partition coefficient (Wildman–Crippen LogP) is 1.96. The second-order valence-corrected chi connectivity index (χ2v) is 5.72. The highest BCUT2D eigenvalue weighted by atomic mass is 16.5. The van der Waals surface area contributed by atoms with E-state index in [1.54, 1.807) is 0 Å². The molecular formula is C12H23NO2. The Morgan fingerprint density at radius 2 is 1.87 bits per heavy atom. The van der Waals surface area contributed by atoms with Crippen LogP contribution in [0.4, 0.5) is 0 Å². The summed E-state index contributed by atoms with van der Waals surface area (Å²) in [7, 11) is 1.44. The number of hydrogen-bond acceptors (Lipinski definition) is 3. The molecule has 0 unspecified atom stereocenters. The molecule has 0 radical (unpaired) electrons. The van der Waals surface area contributed by atoms with Gasteiger partial charge < -0.3 is 10.1 Å². The molecule has 15 heavy (non-hydrogen) atoms. The van der Waals surface area contributed by atoms with Crippen molar-refractivity contribution in [2.75, 3.05) is 13.7 Å². The first kappa shape index (κ1) is 12.5. The Hall–Kier alpha value is -0.570. The Morgan fingerprint density at radius 3 is 2.27 bits per heavy atom. The van der Waals surface area contributed by atoms with Gasteiger partial charge in [0.25, 0.3) is 0 Å². The third-order valence-corrected chi connectivity index (χ3v) is 3.32. The van der Waals surface area contributed by atoms with E-state index in [1.807, 2.05) is 13.8 Å². The van der Waals surface area contributed by atoms with Crippen LogP contribution in [-0.4, -0.2) is 25.2 Å². The van der Waals surface area contributed by atoms with Gasteiger partial charge in [-0.25, -0.2) is 0 Å². The Balaban J connectivity index is 2.44. The van der Waals surface area contributed by atoms with Crippen LogP contribution >= 0.6 is 0 Å². The highest BCUT2D eigenvalue weighted by Gasteiger charge is 2.39. The topological polar surface area (TPSA) is 38.3 Å². The summed E-state index contributed by atoms with van der Waals surface area (Å²) in [4.78, 5) is 11.5. The molecule has 0 aromatic carbocycles. The molecule has 0 aliphatic heterocycles. The van der Waals surface area contributed by atoms with Crippen molar-refractivity contribution < 1.29 is 9.53 Å². The van der Waals surface area contributed by atoms with Crippen molar-refractivity contribution in [1.29, 1.82) is 0 Å². The predicted molar refractivity (Wildman–Crippen MR) is 60.6 cm³/mol. The van der Waals surface area contributed by atoms with Crippen molar-refractivity contribution in [3.63, 3.8) is 0 Å². The fraction of sp³-hybridized carbons (Fsp3) is 0.917. The maximum Gasteiger partial charge on any atom is 0.312 e. The van der Waals surface area contributed by atoms with Gasteiger partial charge in [0, 0.05) is 12.1 Å². The minimum atomic E-state index is -0.444. The van der Waals surface area contributed by atoms with Gasteiger partial charge >= 0.3 is 5.97 Å². The minimum absolute atomic E-state index is 0.144. The maximum absolute atomic E-state index is 11.5. The molecule has 1 fully saturated rings. The Morgan fingerprint density at radius 1 is 1.33 bits per heavy atom. The number of esters is 1. The highest BCUT2D eigenvalue weighted by Crippen LogP contribution is 2.39. The van der Waals surface area contributed by atoms with Crippen LogP contribution in [0.2, 0.25) is 0 Å². The number of methoxy groups -OCH3 is 1. The average Bonchev–Trinajstić information content (AvgIpc) is 2.97. The van der Waals surface area contributed by atoms with Gasteiger partial charge in [-0.3, -0.25) is 4.79 Å². The second kappa shape index (κ2) is 4.12. The molecule has 0 amide bonds. The number of nitrogens with one attached hydrogen (secondary N) is 1. The number of ether oxygens (including phenoxy) is 1. The maximum atomic E-state index is 11.5. The standard InChI is InChI=1S/C12H23NO2/c1-11(2,10(14)15-5)8-13-12(3,4)9-6-7-9/h9,13H,6-8H2,1-5H3. The van der Waals surface area contributed by atoms with Crippen molar-refractivity contribution >= 4 is 5.97 Å². The van der Waals surface area contributed by atoms with E-state index in [4.69, 9.17) is 4.74 Å². The zero-order valence-electron chi connectivity index (χ0n) is 10.5. The summed E-state index contributed by atoms with van der Waals surface area (Å²) >= 11 is 0. The molecule has 0 spiro atoms. The van der Waals surface area contributed by atoms with Crippen LogP contribution in [0.1, 0.15) is 40.5 Å². The van der Waals surface area contributed by atoms with Crippen LogP contribution < -0.4 is 5.32 Å². The van der Waals surface area contributed by atoms with Crippen molar-refractivity contribution in [3.8, 4) is 0 Å². The molecule has 0 bridgehead atoms. The molecule has 0 aromatic rings. The van der Waals surface area contributed by atoms with Crippen LogP contribution in [0.25, 0.3) is 0 Å². The van der Waals surface area contributed by atoms with Crippen molar-refractivity contribution in [2.24, 2.45) is 11.3 Å². The van der Waals surface area contributed by atoms with Crippen molar-refractivity contribution in [1.82, 2.24) is 5.32 Å². The largest absolute Gasteiger partial charge is 0.469 e. The lowest BCUT2D eigenvalue weighted by atomic mass is 9.90. The summed E-state index contributed by atoms with van der Waals surface area (Å²) in [5.74, 6) is 0.618. The number of hydrogen-bond donors (Lipinski definition) is 1. The first-order valence-corrected chi connectivity index (χ1v) is 5.63. The fourth-order valence-corrected chi connectivity index (χ4v) is 1.75. The molecule has 0 atom stereocenters. The van der Waals surface area contributed by atoms with E-state index < -0.39 is 5.41 Å². The number of carbonyl (C=O) groups is 1. The summed E-state index contributed by atoms with van der Waals surface area (Å²) in [6, 6.07) is 0. The summed E-state index contributed by atoms with van der Waals surface area (Å²) in [5, 5.41) is 3.48. The third kappa shape index (κ3) is 3.20. The summed E-state index contributed by atoms with van der Waals surface area (Å²) in [6.07, 6.45) is 2.61. The van der Waals surface area contributed by atoms with E-state index >= 15 is 0 Å². The lowest BCUT2D eigenvalue weighted by Crippen LogP contribution is -2.48. The zero-order valence-corrected chi connectivity index (χ0v) is 10.5. The monoisotopic (exact) mass is 213 g/mol. The van der Waals surface area contributed by atoms with Crippen molar-refractivity contribution in [2.45, 2.75) is 46.1 Å². The van der Waals surface area contributed by atoms with Gasteiger partial charge in [0.15, 0.2) is 0 Å². The van der Waals surface area contributed by atoms with Gasteiger partial charge in [-0.05, 0) is 46.5 Å². The van der Waals surface area contributed by atoms with Crippen LogP contribution in [0, 0.1) is 11.3 Å². The van der Waals surface area contributed by atoms with E-state index in [-0.39, 0.29) is 11.5 Å². The van der Waals surface area contributed by atoms with Gasteiger partial charge in [0.1, 0.15) is 0 Å². The van der Waals surface area contributed by atoms with E-state index in [1.165, 1.54) is 20.0 Å². The molecule has 1 N–H and O–H groups in total. The summed E-state index contributed by atoms with van der Waals surface area (Å²) < 4.78 is 4.78. The molecule has 0 heterocycles. The molecule has 0 saturated heterocycles. The van der Waals surface area contributed by atoms with Crippen LogP contribution in [0.3, 0.4) is 0 Å². The SMILES string of the molecule is COC(=O)C(C)(C)CNC(C)(C)C1CC1. The Labute approximate surface area is 92.6 Å².